The first-order chi connectivity index (χ1) is 9.33. The maximum Gasteiger partial charge on any atom is 0.245 e. The summed E-state index contributed by atoms with van der Waals surface area (Å²) < 4.78 is 45.1. The standard InChI is InChI=1S/C12H14FN3O3S/c1-7-9(8(2)19-16-7)6-15-20(17,18)12-10(13)4-3-5-11(12)14/h3-5,15H,6,14H2,1-2H3. The summed E-state index contributed by atoms with van der Waals surface area (Å²) in [4.78, 5) is -0.549. The predicted molar refractivity (Wildman–Crippen MR) is 70.8 cm³/mol. The van der Waals surface area contributed by atoms with Gasteiger partial charge in [0.25, 0.3) is 0 Å². The van der Waals surface area contributed by atoms with Gasteiger partial charge in [-0.3, -0.25) is 0 Å². The number of aryl methyl sites for hydroxylation is 2. The molecule has 0 saturated heterocycles. The lowest BCUT2D eigenvalue weighted by Crippen LogP contribution is -2.25. The molecule has 3 N–H and O–H groups in total. The molecule has 0 aliphatic rings. The normalized spacial score (nSPS) is 11.8. The number of sulfonamides is 1. The Labute approximate surface area is 115 Å². The fraction of sp³-hybridized carbons (Fsp3) is 0.250. The molecule has 2 rings (SSSR count). The van der Waals surface area contributed by atoms with Gasteiger partial charge in [-0.15, -0.1) is 0 Å². The van der Waals surface area contributed by atoms with Crippen molar-refractivity contribution >= 4 is 15.7 Å². The summed E-state index contributed by atoms with van der Waals surface area (Å²) in [5.74, 6) is -0.386. The number of rotatable bonds is 4. The zero-order valence-electron chi connectivity index (χ0n) is 11.0. The molecule has 0 spiro atoms. The summed E-state index contributed by atoms with van der Waals surface area (Å²) in [5, 5.41) is 3.72. The maximum atomic E-state index is 13.6. The van der Waals surface area contributed by atoms with Crippen LogP contribution in [0.1, 0.15) is 17.0 Å². The highest BCUT2D eigenvalue weighted by Gasteiger charge is 2.23. The largest absolute Gasteiger partial charge is 0.398 e. The smallest absolute Gasteiger partial charge is 0.245 e. The fourth-order valence-electron chi connectivity index (χ4n) is 1.80. The number of anilines is 1. The Bertz CT molecular complexity index is 701. The van der Waals surface area contributed by atoms with Crippen LogP contribution in [0.2, 0.25) is 0 Å². The molecule has 0 aliphatic carbocycles. The highest BCUT2D eigenvalue weighted by atomic mass is 32.2. The highest BCUT2D eigenvalue weighted by Crippen LogP contribution is 2.22. The monoisotopic (exact) mass is 299 g/mol. The third-order valence-corrected chi connectivity index (χ3v) is 4.38. The number of benzene rings is 1. The molecule has 0 atom stereocenters. The SMILES string of the molecule is Cc1noc(C)c1CNS(=O)(=O)c1c(N)cccc1F. The van der Waals surface area contributed by atoms with E-state index in [0.29, 0.717) is 17.0 Å². The summed E-state index contributed by atoms with van der Waals surface area (Å²) in [6, 6.07) is 3.71. The van der Waals surface area contributed by atoms with Crippen molar-refractivity contribution in [2.24, 2.45) is 0 Å². The third-order valence-electron chi connectivity index (χ3n) is 2.89. The molecule has 0 aliphatic heterocycles. The van der Waals surface area contributed by atoms with Crippen LogP contribution in [0.15, 0.2) is 27.6 Å². The van der Waals surface area contributed by atoms with E-state index in [9.17, 15) is 12.8 Å². The molecule has 1 aromatic heterocycles. The number of nitrogen functional groups attached to an aromatic ring is 1. The molecule has 20 heavy (non-hydrogen) atoms. The Balaban J connectivity index is 2.29. The molecule has 0 unspecified atom stereocenters. The summed E-state index contributed by atoms with van der Waals surface area (Å²) >= 11 is 0. The number of nitrogens with zero attached hydrogens (tertiary/aromatic N) is 1. The van der Waals surface area contributed by atoms with E-state index < -0.39 is 20.7 Å². The molecule has 1 aromatic carbocycles. The summed E-state index contributed by atoms with van der Waals surface area (Å²) in [6.07, 6.45) is 0. The maximum absolute atomic E-state index is 13.6. The first-order valence-electron chi connectivity index (χ1n) is 5.78. The molecular weight excluding hydrogens is 285 g/mol. The fourth-order valence-corrected chi connectivity index (χ4v) is 2.98. The number of nitrogens with two attached hydrogens (primary N) is 1. The minimum Gasteiger partial charge on any atom is -0.398 e. The topological polar surface area (TPSA) is 98.2 Å². The molecule has 6 nitrogen and oxygen atoms in total. The van der Waals surface area contributed by atoms with Gasteiger partial charge in [-0.05, 0) is 26.0 Å². The number of hydrogen-bond donors (Lipinski definition) is 2. The molecule has 0 bridgehead atoms. The van der Waals surface area contributed by atoms with E-state index in [-0.39, 0.29) is 12.2 Å². The van der Waals surface area contributed by atoms with Crippen LogP contribution in [-0.4, -0.2) is 13.6 Å². The van der Waals surface area contributed by atoms with Crippen molar-refractivity contribution in [3.05, 3.63) is 41.0 Å². The van der Waals surface area contributed by atoms with Crippen molar-refractivity contribution in [1.82, 2.24) is 9.88 Å². The summed E-state index contributed by atoms with van der Waals surface area (Å²) in [5.41, 5.74) is 6.57. The van der Waals surface area contributed by atoms with Crippen molar-refractivity contribution in [2.45, 2.75) is 25.3 Å². The van der Waals surface area contributed by atoms with Gasteiger partial charge < -0.3 is 10.3 Å². The van der Waals surface area contributed by atoms with Crippen LogP contribution in [0.25, 0.3) is 0 Å². The van der Waals surface area contributed by atoms with E-state index in [1.165, 1.54) is 12.1 Å². The minimum absolute atomic E-state index is 0.0444. The zero-order valence-corrected chi connectivity index (χ0v) is 11.8. The Hall–Kier alpha value is -1.93. The zero-order chi connectivity index (χ0) is 14.9. The first-order valence-corrected chi connectivity index (χ1v) is 7.26. The molecule has 1 heterocycles. The van der Waals surface area contributed by atoms with Gasteiger partial charge in [-0.2, -0.15) is 0 Å². The number of aromatic nitrogens is 1. The van der Waals surface area contributed by atoms with Gasteiger partial charge in [0.1, 0.15) is 16.5 Å². The highest BCUT2D eigenvalue weighted by molar-refractivity contribution is 7.89. The quantitative estimate of drug-likeness (QED) is 0.833. The number of halogens is 1. The molecule has 2 aromatic rings. The van der Waals surface area contributed by atoms with Crippen LogP contribution >= 0.6 is 0 Å². The van der Waals surface area contributed by atoms with Crippen molar-refractivity contribution in [3.63, 3.8) is 0 Å². The van der Waals surface area contributed by atoms with Crippen LogP contribution in [0.3, 0.4) is 0 Å². The van der Waals surface area contributed by atoms with Crippen molar-refractivity contribution in [3.8, 4) is 0 Å². The van der Waals surface area contributed by atoms with Crippen LogP contribution < -0.4 is 10.5 Å². The van der Waals surface area contributed by atoms with Gasteiger partial charge in [-0.25, -0.2) is 17.5 Å². The molecule has 108 valence electrons. The summed E-state index contributed by atoms with van der Waals surface area (Å²) in [7, 11) is -4.05. The van der Waals surface area contributed by atoms with Crippen molar-refractivity contribution in [1.29, 1.82) is 0 Å². The minimum atomic E-state index is -4.05. The van der Waals surface area contributed by atoms with Gasteiger partial charge in [-0.1, -0.05) is 11.2 Å². The average Bonchev–Trinajstić information content (AvgIpc) is 2.66. The van der Waals surface area contributed by atoms with Crippen molar-refractivity contribution in [2.75, 3.05) is 5.73 Å². The van der Waals surface area contributed by atoms with Crippen LogP contribution in [-0.2, 0) is 16.6 Å². The van der Waals surface area contributed by atoms with Gasteiger partial charge >= 0.3 is 0 Å². The van der Waals surface area contributed by atoms with E-state index >= 15 is 0 Å². The van der Waals surface area contributed by atoms with E-state index in [4.69, 9.17) is 10.3 Å². The van der Waals surface area contributed by atoms with Crippen molar-refractivity contribution < 1.29 is 17.3 Å². The molecular formula is C12H14FN3O3S. The van der Waals surface area contributed by atoms with Gasteiger partial charge in [0.05, 0.1) is 11.4 Å². The van der Waals surface area contributed by atoms with Crippen LogP contribution in [0, 0.1) is 19.7 Å². The van der Waals surface area contributed by atoms with E-state index in [2.05, 4.69) is 9.88 Å². The lowest BCUT2D eigenvalue weighted by Gasteiger charge is -2.09. The molecule has 0 fully saturated rings. The van der Waals surface area contributed by atoms with Crippen LogP contribution in [0.4, 0.5) is 10.1 Å². The predicted octanol–water partition coefficient (Wildman–Crippen LogP) is 1.49. The Kier molecular flexibility index (Phi) is 3.78. The molecule has 0 saturated carbocycles. The Morgan fingerprint density at radius 3 is 2.65 bits per heavy atom. The van der Waals surface area contributed by atoms with Crippen LogP contribution in [0.5, 0.6) is 0 Å². The average molecular weight is 299 g/mol. The summed E-state index contributed by atoms with van der Waals surface area (Å²) in [6.45, 7) is 3.32. The lowest BCUT2D eigenvalue weighted by atomic mass is 10.2. The number of hydrogen-bond acceptors (Lipinski definition) is 5. The van der Waals surface area contributed by atoms with Gasteiger partial charge in [0.15, 0.2) is 0 Å². The second kappa shape index (κ2) is 5.22. The third kappa shape index (κ3) is 2.66. The van der Waals surface area contributed by atoms with Gasteiger partial charge in [0.2, 0.25) is 10.0 Å². The van der Waals surface area contributed by atoms with E-state index in [1.807, 2.05) is 0 Å². The second-order valence-electron chi connectivity index (χ2n) is 4.29. The Morgan fingerprint density at radius 2 is 2.10 bits per heavy atom. The first kappa shape index (κ1) is 14.5. The number of nitrogens with one attached hydrogen (secondary N) is 1. The van der Waals surface area contributed by atoms with E-state index in [1.54, 1.807) is 13.8 Å². The lowest BCUT2D eigenvalue weighted by molar-refractivity contribution is 0.392. The molecule has 8 heteroatoms. The second-order valence-corrected chi connectivity index (χ2v) is 5.99. The van der Waals surface area contributed by atoms with Gasteiger partial charge in [0, 0.05) is 12.1 Å². The Morgan fingerprint density at radius 1 is 1.40 bits per heavy atom. The van der Waals surface area contributed by atoms with E-state index in [0.717, 1.165) is 6.07 Å². The molecule has 0 amide bonds. The molecule has 0 radical (unpaired) electrons.